The molecule has 472 valence electrons. The molecule has 0 aromatic rings. The van der Waals surface area contributed by atoms with Crippen molar-refractivity contribution in [2.24, 2.45) is 0 Å². The highest BCUT2D eigenvalue weighted by atomic mass is 16.6. The maximum absolute atomic E-state index is 12.9. The van der Waals surface area contributed by atoms with E-state index in [0.717, 1.165) is 122 Å². The molecular weight excluding hydrogens is 1020 g/mol. The zero-order valence-electron chi connectivity index (χ0n) is 54.2. The van der Waals surface area contributed by atoms with Crippen LogP contribution in [0.15, 0.2) is 134 Å². The lowest BCUT2D eigenvalue weighted by molar-refractivity contribution is -0.167. The summed E-state index contributed by atoms with van der Waals surface area (Å²) in [6, 6.07) is 0. The van der Waals surface area contributed by atoms with Gasteiger partial charge in [0.2, 0.25) is 0 Å². The quantitative estimate of drug-likeness (QED) is 0.0261. The molecule has 0 amide bonds. The minimum Gasteiger partial charge on any atom is -0.462 e. The molecule has 83 heavy (non-hydrogen) atoms. The molecule has 0 heterocycles. The predicted molar refractivity (Wildman–Crippen MR) is 362 cm³/mol. The zero-order chi connectivity index (χ0) is 59.9. The minimum absolute atomic E-state index is 0.0923. The van der Waals surface area contributed by atoms with E-state index in [1.807, 2.05) is 0 Å². The highest BCUT2D eigenvalue weighted by Crippen LogP contribution is 2.16. The van der Waals surface area contributed by atoms with Crippen LogP contribution in [-0.2, 0) is 28.6 Å². The second-order valence-electron chi connectivity index (χ2n) is 22.7. The first-order valence-electron chi connectivity index (χ1n) is 34.7. The Morgan fingerprint density at radius 3 is 0.771 bits per heavy atom. The number of hydrogen-bond donors (Lipinski definition) is 0. The summed E-state index contributed by atoms with van der Waals surface area (Å²) >= 11 is 0. The average molecular weight is 1150 g/mol. The molecular formula is C77H128O6. The Bertz CT molecular complexity index is 1750. The lowest BCUT2D eigenvalue weighted by Gasteiger charge is -2.18. The van der Waals surface area contributed by atoms with Crippen LogP contribution in [0.1, 0.15) is 316 Å². The molecule has 0 N–H and O–H groups in total. The number of rotatable bonds is 62. The van der Waals surface area contributed by atoms with E-state index in [-0.39, 0.29) is 31.1 Å². The number of esters is 3. The molecule has 6 heteroatoms. The first-order chi connectivity index (χ1) is 41.0. The van der Waals surface area contributed by atoms with Crippen LogP contribution in [0.4, 0.5) is 0 Å². The van der Waals surface area contributed by atoms with Gasteiger partial charge in [-0.15, -0.1) is 0 Å². The number of carbonyl (C=O) groups excluding carboxylic acids is 3. The fourth-order valence-electron chi connectivity index (χ4n) is 9.47. The molecule has 1 atom stereocenters. The third-order valence-electron chi connectivity index (χ3n) is 14.6. The summed E-state index contributed by atoms with van der Waals surface area (Å²) in [6.07, 6.45) is 99.0. The van der Waals surface area contributed by atoms with Gasteiger partial charge >= 0.3 is 17.9 Å². The summed E-state index contributed by atoms with van der Waals surface area (Å²) in [5, 5.41) is 0. The molecule has 1 unspecified atom stereocenters. The van der Waals surface area contributed by atoms with Crippen LogP contribution in [0.3, 0.4) is 0 Å². The standard InChI is InChI=1S/C77H128O6/c1-4-7-10-13-16-19-22-25-27-29-31-32-33-34-35-36-37-38-39-40-41-42-43-44-46-47-49-52-55-58-61-64-67-70-76(79)82-73-74(72-81-75(78)69-66-63-60-57-54-51-24-21-18-15-12-9-6-3)83-77(80)71-68-65-62-59-56-53-50-48-45-30-28-26-23-20-17-14-11-8-5-2/h7,10,16,19,25-28,31-32,34-35,37-38,40-41,43-44,47,49,55,58,74H,4-6,8-9,11-15,17-18,20-24,29-30,33,36,39,42,45-46,48,50-54,56-57,59-73H2,1-3H3/b10-7-,19-16-,27-25-,28-26-,32-31-,35-34-,38-37-,41-40-,44-43-,49-47-,58-55-. The molecule has 0 aliphatic heterocycles. The van der Waals surface area contributed by atoms with Crippen molar-refractivity contribution < 1.29 is 28.6 Å². The fraction of sp³-hybridized carbons (Fsp3) is 0.675. The maximum Gasteiger partial charge on any atom is 0.306 e. The Hall–Kier alpha value is -4.45. The SMILES string of the molecule is CC/C=C\C/C=C\C/C=C\C/C=C\C/C=C\C/C=C\C/C=C\C/C=C\C/C=C\C/C=C\CCCCC(=O)OCC(COC(=O)CCCCCCCCCCCCCCC)OC(=O)CCCCCCCCCCC/C=C\CCCCCCCC. The van der Waals surface area contributed by atoms with Crippen molar-refractivity contribution in [2.45, 2.75) is 322 Å². The second kappa shape index (κ2) is 70.0. The number of carbonyl (C=O) groups is 3. The van der Waals surface area contributed by atoms with Crippen molar-refractivity contribution in [1.82, 2.24) is 0 Å². The van der Waals surface area contributed by atoms with Gasteiger partial charge in [0.05, 0.1) is 0 Å². The summed E-state index contributed by atoms with van der Waals surface area (Å²) in [5.74, 6) is -0.932. The molecule has 0 aliphatic carbocycles. The summed E-state index contributed by atoms with van der Waals surface area (Å²) in [6.45, 7) is 6.51. The van der Waals surface area contributed by atoms with Crippen molar-refractivity contribution >= 4 is 17.9 Å². The molecule has 0 aromatic heterocycles. The lowest BCUT2D eigenvalue weighted by atomic mass is 10.0. The first-order valence-corrected chi connectivity index (χ1v) is 34.7. The Kier molecular flexibility index (Phi) is 66.3. The smallest absolute Gasteiger partial charge is 0.306 e. The molecule has 0 spiro atoms. The molecule has 0 saturated carbocycles. The van der Waals surface area contributed by atoms with Crippen LogP contribution < -0.4 is 0 Å². The van der Waals surface area contributed by atoms with Crippen molar-refractivity contribution in [3.63, 3.8) is 0 Å². The lowest BCUT2D eigenvalue weighted by Crippen LogP contribution is -2.30. The van der Waals surface area contributed by atoms with Gasteiger partial charge in [0.25, 0.3) is 0 Å². The second-order valence-corrected chi connectivity index (χ2v) is 22.7. The Labute approximate surface area is 513 Å². The summed E-state index contributed by atoms with van der Waals surface area (Å²) in [7, 11) is 0. The number of hydrogen-bond acceptors (Lipinski definition) is 6. The summed E-state index contributed by atoms with van der Waals surface area (Å²) < 4.78 is 16.9. The van der Waals surface area contributed by atoms with Crippen LogP contribution in [0, 0.1) is 0 Å². The monoisotopic (exact) mass is 1150 g/mol. The Morgan fingerprint density at radius 2 is 0.470 bits per heavy atom. The van der Waals surface area contributed by atoms with E-state index < -0.39 is 6.10 Å². The third kappa shape index (κ3) is 68.2. The molecule has 0 saturated heterocycles. The fourth-order valence-corrected chi connectivity index (χ4v) is 9.47. The van der Waals surface area contributed by atoms with Gasteiger partial charge in [-0.2, -0.15) is 0 Å². The van der Waals surface area contributed by atoms with E-state index in [0.29, 0.717) is 19.3 Å². The maximum atomic E-state index is 12.9. The van der Waals surface area contributed by atoms with E-state index in [2.05, 4.69) is 154 Å². The summed E-state index contributed by atoms with van der Waals surface area (Å²) in [5.41, 5.74) is 0. The topological polar surface area (TPSA) is 78.9 Å². The van der Waals surface area contributed by atoms with Gasteiger partial charge in [-0.3, -0.25) is 14.4 Å². The third-order valence-corrected chi connectivity index (χ3v) is 14.6. The van der Waals surface area contributed by atoms with Crippen molar-refractivity contribution in [3.05, 3.63) is 134 Å². The normalized spacial score (nSPS) is 13.0. The first kappa shape index (κ1) is 78.5. The molecule has 0 aromatic carbocycles. The van der Waals surface area contributed by atoms with Crippen LogP contribution in [0.25, 0.3) is 0 Å². The minimum atomic E-state index is -0.800. The van der Waals surface area contributed by atoms with Gasteiger partial charge in [0.1, 0.15) is 13.2 Å². The molecule has 0 fully saturated rings. The van der Waals surface area contributed by atoms with Gasteiger partial charge in [-0.25, -0.2) is 0 Å². The Morgan fingerprint density at radius 1 is 0.253 bits per heavy atom. The van der Waals surface area contributed by atoms with Gasteiger partial charge in [0.15, 0.2) is 6.10 Å². The van der Waals surface area contributed by atoms with Crippen molar-refractivity contribution in [3.8, 4) is 0 Å². The van der Waals surface area contributed by atoms with Gasteiger partial charge in [-0.05, 0) is 122 Å². The van der Waals surface area contributed by atoms with Gasteiger partial charge in [0, 0.05) is 19.3 Å². The van der Waals surface area contributed by atoms with Crippen LogP contribution in [0.5, 0.6) is 0 Å². The number of allylic oxidation sites excluding steroid dienone is 22. The van der Waals surface area contributed by atoms with E-state index >= 15 is 0 Å². The average Bonchev–Trinajstić information content (AvgIpc) is 3.49. The van der Waals surface area contributed by atoms with E-state index in [1.54, 1.807) is 0 Å². The van der Waals surface area contributed by atoms with Crippen LogP contribution >= 0.6 is 0 Å². The van der Waals surface area contributed by atoms with Crippen LogP contribution in [0.2, 0.25) is 0 Å². The van der Waals surface area contributed by atoms with Crippen LogP contribution in [-0.4, -0.2) is 37.2 Å². The highest BCUT2D eigenvalue weighted by Gasteiger charge is 2.19. The van der Waals surface area contributed by atoms with Crippen molar-refractivity contribution in [1.29, 1.82) is 0 Å². The molecule has 0 bridgehead atoms. The highest BCUT2D eigenvalue weighted by molar-refractivity contribution is 5.71. The van der Waals surface area contributed by atoms with E-state index in [1.165, 1.54) is 154 Å². The van der Waals surface area contributed by atoms with Gasteiger partial charge < -0.3 is 14.2 Å². The number of unbranched alkanes of at least 4 members (excludes halogenated alkanes) is 29. The molecule has 0 rings (SSSR count). The molecule has 6 nitrogen and oxygen atoms in total. The van der Waals surface area contributed by atoms with E-state index in [9.17, 15) is 14.4 Å². The largest absolute Gasteiger partial charge is 0.462 e. The molecule has 0 radical (unpaired) electrons. The number of ether oxygens (including phenoxy) is 3. The zero-order valence-corrected chi connectivity index (χ0v) is 54.2. The van der Waals surface area contributed by atoms with Gasteiger partial charge in [-0.1, -0.05) is 309 Å². The van der Waals surface area contributed by atoms with Crippen molar-refractivity contribution in [2.75, 3.05) is 13.2 Å². The van der Waals surface area contributed by atoms with E-state index in [4.69, 9.17) is 14.2 Å². The Balaban J connectivity index is 4.38. The summed E-state index contributed by atoms with van der Waals surface area (Å²) in [4.78, 5) is 38.4. The predicted octanol–water partition coefficient (Wildman–Crippen LogP) is 24.1. The molecule has 0 aliphatic rings.